The Morgan fingerprint density at radius 2 is 2.05 bits per heavy atom. The Balaban J connectivity index is 1.95. The van der Waals surface area contributed by atoms with Crippen molar-refractivity contribution < 1.29 is 13.9 Å². The number of aliphatic hydroxyl groups is 1. The SMILES string of the molecule is Cn1ncnc1CNCC(O)c1c(F)cccc1F. The maximum Gasteiger partial charge on any atom is 0.140 e. The molecular weight excluding hydrogens is 254 g/mol. The third-order valence-electron chi connectivity index (χ3n) is 2.76. The summed E-state index contributed by atoms with van der Waals surface area (Å²) in [5.41, 5.74) is -0.326. The molecule has 2 rings (SSSR count). The molecule has 1 atom stereocenters. The van der Waals surface area contributed by atoms with Crippen molar-refractivity contribution in [1.82, 2.24) is 20.1 Å². The van der Waals surface area contributed by atoms with Crippen LogP contribution in [-0.4, -0.2) is 26.4 Å². The van der Waals surface area contributed by atoms with E-state index in [4.69, 9.17) is 0 Å². The van der Waals surface area contributed by atoms with Gasteiger partial charge in [0.05, 0.1) is 18.2 Å². The Labute approximate surface area is 108 Å². The molecule has 1 heterocycles. The number of aryl methyl sites for hydroxylation is 1. The molecule has 0 aliphatic carbocycles. The molecule has 2 N–H and O–H groups in total. The fourth-order valence-corrected chi connectivity index (χ4v) is 1.73. The Morgan fingerprint density at radius 1 is 1.37 bits per heavy atom. The molecule has 102 valence electrons. The molecule has 7 heteroatoms. The lowest BCUT2D eigenvalue weighted by atomic mass is 10.1. The highest BCUT2D eigenvalue weighted by Crippen LogP contribution is 2.19. The number of nitrogens with one attached hydrogen (secondary N) is 1. The van der Waals surface area contributed by atoms with Crippen molar-refractivity contribution in [3.8, 4) is 0 Å². The summed E-state index contributed by atoms with van der Waals surface area (Å²) in [5, 5.41) is 16.6. The quantitative estimate of drug-likeness (QED) is 0.846. The third kappa shape index (κ3) is 3.12. The summed E-state index contributed by atoms with van der Waals surface area (Å²) in [6, 6.07) is 3.49. The molecule has 0 saturated heterocycles. The number of benzene rings is 1. The van der Waals surface area contributed by atoms with E-state index in [1.54, 1.807) is 11.7 Å². The van der Waals surface area contributed by atoms with Gasteiger partial charge in [-0.2, -0.15) is 5.10 Å². The second-order valence-corrected chi connectivity index (χ2v) is 4.08. The van der Waals surface area contributed by atoms with Gasteiger partial charge in [-0.25, -0.2) is 13.8 Å². The van der Waals surface area contributed by atoms with E-state index in [1.165, 1.54) is 12.4 Å². The van der Waals surface area contributed by atoms with Gasteiger partial charge in [0.2, 0.25) is 0 Å². The van der Waals surface area contributed by atoms with Gasteiger partial charge in [-0.15, -0.1) is 0 Å². The van der Waals surface area contributed by atoms with Crippen LogP contribution < -0.4 is 5.32 Å². The third-order valence-corrected chi connectivity index (χ3v) is 2.76. The van der Waals surface area contributed by atoms with Crippen molar-refractivity contribution >= 4 is 0 Å². The Bertz CT molecular complexity index is 538. The van der Waals surface area contributed by atoms with E-state index in [0.717, 1.165) is 12.1 Å². The standard InChI is InChI=1S/C12H14F2N4O/c1-18-11(16-7-17-18)6-15-5-10(19)12-8(13)3-2-4-9(12)14/h2-4,7,10,15,19H,5-6H2,1H3. The smallest absolute Gasteiger partial charge is 0.140 e. The lowest BCUT2D eigenvalue weighted by Gasteiger charge is -2.13. The summed E-state index contributed by atoms with van der Waals surface area (Å²) in [5.74, 6) is -0.845. The van der Waals surface area contributed by atoms with Crippen LogP contribution in [0.25, 0.3) is 0 Å². The van der Waals surface area contributed by atoms with Gasteiger partial charge in [-0.3, -0.25) is 4.68 Å². The van der Waals surface area contributed by atoms with Crippen LogP contribution in [-0.2, 0) is 13.6 Å². The molecule has 0 bridgehead atoms. The highest BCUT2D eigenvalue weighted by molar-refractivity contribution is 5.22. The van der Waals surface area contributed by atoms with Crippen molar-refractivity contribution in [3.05, 3.63) is 47.5 Å². The first-order valence-corrected chi connectivity index (χ1v) is 5.75. The predicted molar refractivity (Wildman–Crippen MR) is 64.0 cm³/mol. The number of halogens is 2. The highest BCUT2D eigenvalue weighted by atomic mass is 19.1. The minimum atomic E-state index is -1.26. The lowest BCUT2D eigenvalue weighted by molar-refractivity contribution is 0.164. The Hall–Kier alpha value is -1.86. The fraction of sp³-hybridized carbons (Fsp3) is 0.333. The first-order chi connectivity index (χ1) is 9.09. The number of hydrogen-bond donors (Lipinski definition) is 2. The second-order valence-electron chi connectivity index (χ2n) is 4.08. The van der Waals surface area contributed by atoms with Crippen LogP contribution in [0.1, 0.15) is 17.5 Å². The molecule has 5 nitrogen and oxygen atoms in total. The van der Waals surface area contributed by atoms with Gasteiger partial charge in [0.25, 0.3) is 0 Å². The number of nitrogens with zero attached hydrogens (tertiary/aromatic N) is 3. The molecule has 1 unspecified atom stereocenters. The van der Waals surface area contributed by atoms with Crippen molar-refractivity contribution in [2.24, 2.45) is 7.05 Å². The van der Waals surface area contributed by atoms with Crippen LogP contribution in [0, 0.1) is 11.6 Å². The first-order valence-electron chi connectivity index (χ1n) is 5.75. The molecule has 1 aromatic heterocycles. The monoisotopic (exact) mass is 268 g/mol. The molecule has 0 radical (unpaired) electrons. The van der Waals surface area contributed by atoms with Crippen molar-refractivity contribution in [1.29, 1.82) is 0 Å². The zero-order valence-corrected chi connectivity index (χ0v) is 10.3. The van der Waals surface area contributed by atoms with Crippen molar-refractivity contribution in [2.75, 3.05) is 6.54 Å². The summed E-state index contributed by atoms with van der Waals surface area (Å²) in [4.78, 5) is 3.98. The second kappa shape index (κ2) is 5.85. The first kappa shape index (κ1) is 13.6. The summed E-state index contributed by atoms with van der Waals surface area (Å²) < 4.78 is 28.4. The minimum absolute atomic E-state index is 0.0186. The van der Waals surface area contributed by atoms with Gasteiger partial charge in [0.1, 0.15) is 23.8 Å². The van der Waals surface area contributed by atoms with Gasteiger partial charge in [0.15, 0.2) is 0 Å². The Kier molecular flexibility index (Phi) is 4.18. The van der Waals surface area contributed by atoms with E-state index < -0.39 is 17.7 Å². The average Bonchev–Trinajstić information content (AvgIpc) is 2.75. The van der Waals surface area contributed by atoms with Gasteiger partial charge in [-0.1, -0.05) is 6.07 Å². The summed E-state index contributed by atoms with van der Waals surface area (Å²) in [7, 11) is 1.73. The molecule has 1 aromatic carbocycles. The topological polar surface area (TPSA) is 63.0 Å². The van der Waals surface area contributed by atoms with Gasteiger partial charge < -0.3 is 10.4 Å². The number of rotatable bonds is 5. The van der Waals surface area contributed by atoms with E-state index in [1.807, 2.05) is 0 Å². The largest absolute Gasteiger partial charge is 0.387 e. The summed E-state index contributed by atoms with van der Waals surface area (Å²) in [6.45, 7) is 0.369. The van der Waals surface area contributed by atoms with Crippen LogP contribution in [0.15, 0.2) is 24.5 Å². The Morgan fingerprint density at radius 3 is 2.63 bits per heavy atom. The van der Waals surface area contributed by atoms with E-state index in [0.29, 0.717) is 12.4 Å². The van der Waals surface area contributed by atoms with Crippen LogP contribution in [0.5, 0.6) is 0 Å². The molecule has 0 saturated carbocycles. The van der Waals surface area contributed by atoms with Gasteiger partial charge in [-0.05, 0) is 12.1 Å². The van der Waals surface area contributed by atoms with E-state index in [2.05, 4.69) is 15.4 Å². The van der Waals surface area contributed by atoms with E-state index >= 15 is 0 Å². The van der Waals surface area contributed by atoms with Crippen LogP contribution >= 0.6 is 0 Å². The number of aromatic nitrogens is 3. The zero-order chi connectivity index (χ0) is 13.8. The highest BCUT2D eigenvalue weighted by Gasteiger charge is 2.17. The molecule has 0 aliphatic heterocycles. The molecule has 0 aliphatic rings. The van der Waals surface area contributed by atoms with E-state index in [-0.39, 0.29) is 12.1 Å². The lowest BCUT2D eigenvalue weighted by Crippen LogP contribution is -2.24. The molecule has 2 aromatic rings. The average molecular weight is 268 g/mol. The molecular formula is C12H14F2N4O. The number of aliphatic hydroxyl groups excluding tert-OH is 1. The van der Waals surface area contributed by atoms with Gasteiger partial charge >= 0.3 is 0 Å². The van der Waals surface area contributed by atoms with Crippen molar-refractivity contribution in [3.63, 3.8) is 0 Å². The normalized spacial score (nSPS) is 12.6. The maximum atomic E-state index is 13.4. The zero-order valence-electron chi connectivity index (χ0n) is 10.3. The summed E-state index contributed by atoms with van der Waals surface area (Å²) >= 11 is 0. The van der Waals surface area contributed by atoms with Crippen LogP contribution in [0.4, 0.5) is 8.78 Å². The predicted octanol–water partition coefficient (Wildman–Crippen LogP) is 0.916. The van der Waals surface area contributed by atoms with Crippen LogP contribution in [0.2, 0.25) is 0 Å². The van der Waals surface area contributed by atoms with Gasteiger partial charge in [0, 0.05) is 13.6 Å². The van der Waals surface area contributed by atoms with E-state index in [9.17, 15) is 13.9 Å². The fourth-order valence-electron chi connectivity index (χ4n) is 1.73. The van der Waals surface area contributed by atoms with Crippen LogP contribution in [0.3, 0.4) is 0 Å². The molecule has 0 amide bonds. The number of hydrogen-bond acceptors (Lipinski definition) is 4. The molecule has 0 fully saturated rings. The molecule has 0 spiro atoms. The minimum Gasteiger partial charge on any atom is -0.387 e. The summed E-state index contributed by atoms with van der Waals surface area (Å²) in [6.07, 6.45) is 0.152. The van der Waals surface area contributed by atoms with Crippen molar-refractivity contribution in [2.45, 2.75) is 12.6 Å². The molecule has 19 heavy (non-hydrogen) atoms. The maximum absolute atomic E-state index is 13.4.